The zero-order valence-electron chi connectivity index (χ0n) is 11.8. The number of carbonyl (C=O) groups is 1. The van der Waals surface area contributed by atoms with Crippen LogP contribution in [0.1, 0.15) is 43.1 Å². The zero-order chi connectivity index (χ0) is 14.4. The summed E-state index contributed by atoms with van der Waals surface area (Å²) in [5.41, 5.74) is 5.76. The Labute approximate surface area is 119 Å². The largest absolute Gasteiger partial charge is 0.382 e. The van der Waals surface area contributed by atoms with Crippen LogP contribution in [-0.2, 0) is 4.74 Å². The van der Waals surface area contributed by atoms with Gasteiger partial charge >= 0.3 is 0 Å². The quantitative estimate of drug-likeness (QED) is 0.794. The molecule has 0 aromatic carbocycles. The third kappa shape index (κ3) is 3.90. The molecule has 0 aliphatic heterocycles. The number of hydrogen-bond donors (Lipinski definition) is 2. The number of nitrogens with two attached hydrogens (primary N) is 1. The van der Waals surface area contributed by atoms with Crippen LogP contribution in [-0.4, -0.2) is 35.1 Å². The van der Waals surface area contributed by atoms with Gasteiger partial charge in [0.2, 0.25) is 0 Å². The molecule has 0 unspecified atom stereocenters. The number of amides is 1. The second-order valence-corrected chi connectivity index (χ2v) is 5.22. The van der Waals surface area contributed by atoms with Gasteiger partial charge in [0, 0.05) is 18.9 Å². The van der Waals surface area contributed by atoms with Crippen LogP contribution in [0.25, 0.3) is 0 Å². The molecule has 0 saturated heterocycles. The maximum Gasteiger partial charge on any atom is 0.273 e. The van der Waals surface area contributed by atoms with E-state index in [0.29, 0.717) is 25.2 Å². The Hall–Kier alpha value is -1.69. The average molecular weight is 278 g/mol. The average Bonchev–Trinajstić information content (AvgIpc) is 2.45. The van der Waals surface area contributed by atoms with E-state index >= 15 is 0 Å². The van der Waals surface area contributed by atoms with Crippen molar-refractivity contribution in [3.05, 3.63) is 18.1 Å². The molecule has 1 amide bonds. The van der Waals surface area contributed by atoms with E-state index in [0.717, 1.165) is 6.42 Å². The van der Waals surface area contributed by atoms with Gasteiger partial charge in [0.1, 0.15) is 0 Å². The second-order valence-electron chi connectivity index (χ2n) is 5.22. The van der Waals surface area contributed by atoms with Gasteiger partial charge in [-0.1, -0.05) is 19.8 Å². The number of anilines is 1. The lowest BCUT2D eigenvalue weighted by Crippen LogP contribution is -2.32. The van der Waals surface area contributed by atoms with E-state index in [2.05, 4.69) is 22.2 Å². The summed E-state index contributed by atoms with van der Waals surface area (Å²) in [4.78, 5) is 19.6. The number of aromatic nitrogens is 2. The molecule has 1 aliphatic rings. The molecule has 1 fully saturated rings. The number of nitrogens with one attached hydrogen (secondary N) is 1. The van der Waals surface area contributed by atoms with Gasteiger partial charge in [-0.05, 0) is 18.8 Å². The standard InChI is InChI=1S/C14H22N4O2/c1-10-4-2-3-5-11(10)20-9-8-18-14(19)12-13(15)17-7-6-16-12/h6-7,10-11H,2-5,8-9H2,1H3,(H2,15,17)(H,18,19)/t10-,11-/m1/s1. The van der Waals surface area contributed by atoms with Gasteiger partial charge in [-0.2, -0.15) is 0 Å². The summed E-state index contributed by atoms with van der Waals surface area (Å²) in [5, 5.41) is 2.75. The van der Waals surface area contributed by atoms with Crippen molar-refractivity contribution < 1.29 is 9.53 Å². The lowest BCUT2D eigenvalue weighted by atomic mass is 9.88. The number of nitrogens with zero attached hydrogens (tertiary/aromatic N) is 2. The summed E-state index contributed by atoms with van der Waals surface area (Å²) in [6, 6.07) is 0. The highest BCUT2D eigenvalue weighted by Crippen LogP contribution is 2.25. The number of ether oxygens (including phenoxy) is 1. The Balaban J connectivity index is 1.71. The summed E-state index contributed by atoms with van der Waals surface area (Å²) in [6.07, 6.45) is 8.11. The molecule has 2 rings (SSSR count). The molecule has 1 saturated carbocycles. The van der Waals surface area contributed by atoms with Crippen molar-refractivity contribution in [1.29, 1.82) is 0 Å². The summed E-state index contributed by atoms with van der Waals surface area (Å²) in [7, 11) is 0. The van der Waals surface area contributed by atoms with E-state index < -0.39 is 0 Å². The molecule has 0 bridgehead atoms. The van der Waals surface area contributed by atoms with Gasteiger partial charge in [-0.25, -0.2) is 9.97 Å². The van der Waals surface area contributed by atoms with Crippen molar-refractivity contribution in [3.63, 3.8) is 0 Å². The molecule has 1 aromatic heterocycles. The summed E-state index contributed by atoms with van der Waals surface area (Å²) >= 11 is 0. The Bertz CT molecular complexity index is 453. The van der Waals surface area contributed by atoms with Gasteiger partial charge < -0.3 is 15.8 Å². The molecule has 110 valence electrons. The lowest BCUT2D eigenvalue weighted by Gasteiger charge is -2.28. The first-order valence-corrected chi connectivity index (χ1v) is 7.14. The minimum atomic E-state index is -0.309. The molecule has 0 radical (unpaired) electrons. The third-order valence-corrected chi connectivity index (χ3v) is 3.69. The first-order chi connectivity index (χ1) is 9.68. The van der Waals surface area contributed by atoms with E-state index in [-0.39, 0.29) is 17.4 Å². The van der Waals surface area contributed by atoms with Gasteiger partial charge in [-0.15, -0.1) is 0 Å². The van der Waals surface area contributed by atoms with E-state index in [4.69, 9.17) is 10.5 Å². The van der Waals surface area contributed by atoms with Crippen LogP contribution in [0.15, 0.2) is 12.4 Å². The van der Waals surface area contributed by atoms with Crippen molar-refractivity contribution >= 4 is 11.7 Å². The van der Waals surface area contributed by atoms with Crippen LogP contribution in [0.4, 0.5) is 5.82 Å². The van der Waals surface area contributed by atoms with Crippen LogP contribution in [0.3, 0.4) is 0 Å². The fourth-order valence-corrected chi connectivity index (χ4v) is 2.51. The van der Waals surface area contributed by atoms with Crippen molar-refractivity contribution in [2.45, 2.75) is 38.7 Å². The fourth-order valence-electron chi connectivity index (χ4n) is 2.51. The minimum Gasteiger partial charge on any atom is -0.382 e. The van der Waals surface area contributed by atoms with Crippen LogP contribution in [0, 0.1) is 5.92 Å². The molecule has 0 spiro atoms. The number of rotatable bonds is 5. The maximum atomic E-state index is 11.8. The SMILES string of the molecule is C[C@@H]1CCCC[C@H]1OCCNC(=O)c1nccnc1N. The summed E-state index contributed by atoms with van der Waals surface area (Å²) in [6.45, 7) is 3.20. The zero-order valence-corrected chi connectivity index (χ0v) is 11.8. The lowest BCUT2D eigenvalue weighted by molar-refractivity contribution is -0.00295. The maximum absolute atomic E-state index is 11.8. The van der Waals surface area contributed by atoms with E-state index in [1.165, 1.54) is 31.7 Å². The molecule has 6 nitrogen and oxygen atoms in total. The first-order valence-electron chi connectivity index (χ1n) is 7.14. The van der Waals surface area contributed by atoms with E-state index in [1.54, 1.807) is 0 Å². The smallest absolute Gasteiger partial charge is 0.273 e. The van der Waals surface area contributed by atoms with Gasteiger partial charge in [0.25, 0.3) is 5.91 Å². The van der Waals surface area contributed by atoms with Crippen molar-refractivity contribution in [1.82, 2.24) is 15.3 Å². The van der Waals surface area contributed by atoms with E-state index in [9.17, 15) is 4.79 Å². The Morgan fingerprint density at radius 1 is 1.40 bits per heavy atom. The number of hydrogen-bond acceptors (Lipinski definition) is 5. The van der Waals surface area contributed by atoms with Crippen LogP contribution in [0.2, 0.25) is 0 Å². The molecule has 1 aliphatic carbocycles. The number of carbonyl (C=O) groups excluding carboxylic acids is 1. The Morgan fingerprint density at radius 3 is 2.90 bits per heavy atom. The molecule has 6 heteroatoms. The highest BCUT2D eigenvalue weighted by molar-refractivity contribution is 5.96. The van der Waals surface area contributed by atoms with Crippen molar-refractivity contribution in [2.75, 3.05) is 18.9 Å². The second kappa shape index (κ2) is 7.19. The van der Waals surface area contributed by atoms with Gasteiger partial charge in [0.15, 0.2) is 11.5 Å². The fraction of sp³-hybridized carbons (Fsp3) is 0.643. The topological polar surface area (TPSA) is 90.1 Å². The minimum absolute atomic E-state index is 0.145. The van der Waals surface area contributed by atoms with Crippen LogP contribution < -0.4 is 11.1 Å². The predicted octanol–water partition coefficient (Wildman–Crippen LogP) is 1.38. The van der Waals surface area contributed by atoms with E-state index in [1.807, 2.05) is 0 Å². The van der Waals surface area contributed by atoms with Crippen molar-refractivity contribution in [2.24, 2.45) is 5.92 Å². The van der Waals surface area contributed by atoms with Crippen molar-refractivity contribution in [3.8, 4) is 0 Å². The molecule has 3 N–H and O–H groups in total. The van der Waals surface area contributed by atoms with Gasteiger partial charge in [-0.3, -0.25) is 4.79 Å². The molecule has 2 atom stereocenters. The highest BCUT2D eigenvalue weighted by atomic mass is 16.5. The summed E-state index contributed by atoms with van der Waals surface area (Å²) < 4.78 is 5.83. The summed E-state index contributed by atoms with van der Waals surface area (Å²) in [5.74, 6) is 0.442. The highest BCUT2D eigenvalue weighted by Gasteiger charge is 2.21. The normalized spacial score (nSPS) is 22.4. The Morgan fingerprint density at radius 2 is 2.15 bits per heavy atom. The molecular formula is C14H22N4O2. The first kappa shape index (κ1) is 14.7. The predicted molar refractivity (Wildman–Crippen MR) is 76.1 cm³/mol. The Kier molecular flexibility index (Phi) is 5.29. The molecule has 1 heterocycles. The molecular weight excluding hydrogens is 256 g/mol. The monoisotopic (exact) mass is 278 g/mol. The molecule has 1 aromatic rings. The van der Waals surface area contributed by atoms with Gasteiger partial charge in [0.05, 0.1) is 12.7 Å². The van der Waals surface area contributed by atoms with Crippen LogP contribution >= 0.6 is 0 Å². The van der Waals surface area contributed by atoms with Crippen LogP contribution in [0.5, 0.6) is 0 Å². The molecule has 20 heavy (non-hydrogen) atoms. The number of nitrogen functional groups attached to an aromatic ring is 1. The third-order valence-electron chi connectivity index (χ3n) is 3.69.